The average molecular weight is 479 g/mol. The molecule has 1 aliphatic heterocycles. The van der Waals surface area contributed by atoms with Crippen molar-refractivity contribution in [1.82, 2.24) is 14.7 Å². The number of anilines is 1. The Morgan fingerprint density at radius 1 is 1.16 bits per heavy atom. The second-order valence-corrected chi connectivity index (χ2v) is 8.23. The number of nitrogens with zero attached hydrogens (tertiary/aromatic N) is 4. The quantitative estimate of drug-likeness (QED) is 0.424. The fourth-order valence-corrected chi connectivity index (χ4v) is 3.87. The molecule has 2 aromatic carbocycles. The van der Waals surface area contributed by atoms with Crippen molar-refractivity contribution in [2.45, 2.75) is 13.5 Å². The summed E-state index contributed by atoms with van der Waals surface area (Å²) in [5.41, 5.74) is 3.44. The van der Waals surface area contributed by atoms with E-state index in [9.17, 15) is 4.79 Å². The largest absolute Gasteiger partial charge is 0.490 e. The lowest BCUT2D eigenvalue weighted by molar-refractivity contribution is -0.119. The van der Waals surface area contributed by atoms with Gasteiger partial charge in [0.2, 0.25) is 11.7 Å². The second kappa shape index (κ2) is 8.03. The Morgan fingerprint density at radius 2 is 2.00 bits per heavy atom. The van der Waals surface area contributed by atoms with E-state index in [1.54, 1.807) is 4.90 Å². The monoisotopic (exact) mass is 478 g/mol. The highest BCUT2D eigenvalue weighted by Crippen LogP contribution is 2.33. The highest BCUT2D eigenvalue weighted by molar-refractivity contribution is 9.10. The Morgan fingerprint density at radius 3 is 2.84 bits per heavy atom. The predicted molar refractivity (Wildman–Crippen MR) is 120 cm³/mol. The summed E-state index contributed by atoms with van der Waals surface area (Å²) in [5, 5.41) is 4.10. The number of ether oxygens (including phenoxy) is 1. The topological polar surface area (TPSA) is 73.4 Å². The molecule has 0 saturated carbocycles. The third-order valence-electron chi connectivity index (χ3n) is 5.16. The molecule has 8 heteroatoms. The standard InChI is InChI=1S/C23H19BrN4O3/c1-15-4-9-20-19(13-15)28(11-12-30-20)21(29)14-27-10-2-3-18(27)23-25-22(26-31-23)16-5-7-17(24)8-6-16/h2-10,13H,11-12,14H2,1H3. The molecule has 2 aromatic heterocycles. The zero-order valence-corrected chi connectivity index (χ0v) is 18.4. The van der Waals surface area contributed by atoms with Gasteiger partial charge in [-0.15, -0.1) is 0 Å². The van der Waals surface area contributed by atoms with Crippen LogP contribution < -0.4 is 9.64 Å². The van der Waals surface area contributed by atoms with Gasteiger partial charge in [0.05, 0.1) is 12.2 Å². The van der Waals surface area contributed by atoms with E-state index in [2.05, 4.69) is 26.1 Å². The minimum absolute atomic E-state index is 0.0275. The van der Waals surface area contributed by atoms with Crippen molar-refractivity contribution in [1.29, 1.82) is 0 Å². The number of benzene rings is 2. The molecule has 156 valence electrons. The lowest BCUT2D eigenvalue weighted by atomic mass is 10.1. The van der Waals surface area contributed by atoms with Crippen molar-refractivity contribution >= 4 is 27.5 Å². The van der Waals surface area contributed by atoms with Crippen LogP contribution in [0.15, 0.2) is 69.8 Å². The summed E-state index contributed by atoms with van der Waals surface area (Å²) < 4.78 is 14.0. The maximum atomic E-state index is 13.2. The maximum Gasteiger partial charge on any atom is 0.274 e. The molecule has 0 saturated heterocycles. The summed E-state index contributed by atoms with van der Waals surface area (Å²) in [6.07, 6.45) is 1.84. The van der Waals surface area contributed by atoms with Gasteiger partial charge in [-0.3, -0.25) is 4.79 Å². The van der Waals surface area contributed by atoms with Crippen LogP contribution in [0.1, 0.15) is 5.56 Å². The van der Waals surface area contributed by atoms with Crippen LogP contribution in [0.25, 0.3) is 23.0 Å². The number of amides is 1. The van der Waals surface area contributed by atoms with Gasteiger partial charge in [0, 0.05) is 16.2 Å². The van der Waals surface area contributed by atoms with E-state index in [4.69, 9.17) is 9.26 Å². The number of hydrogen-bond donors (Lipinski definition) is 0. The third-order valence-corrected chi connectivity index (χ3v) is 5.69. The van der Waals surface area contributed by atoms with E-state index >= 15 is 0 Å². The van der Waals surface area contributed by atoms with E-state index in [0.29, 0.717) is 30.6 Å². The molecule has 0 spiro atoms. The van der Waals surface area contributed by atoms with Crippen LogP contribution >= 0.6 is 15.9 Å². The van der Waals surface area contributed by atoms with Gasteiger partial charge in [-0.1, -0.05) is 27.2 Å². The summed E-state index contributed by atoms with van der Waals surface area (Å²) in [6, 6.07) is 17.3. The molecule has 0 fully saturated rings. The Balaban J connectivity index is 1.39. The van der Waals surface area contributed by atoms with Gasteiger partial charge in [0.1, 0.15) is 24.6 Å². The smallest absolute Gasteiger partial charge is 0.274 e. The summed E-state index contributed by atoms with van der Waals surface area (Å²) in [7, 11) is 0. The lowest BCUT2D eigenvalue weighted by Crippen LogP contribution is -2.39. The van der Waals surface area contributed by atoms with Gasteiger partial charge in [-0.2, -0.15) is 4.98 Å². The van der Waals surface area contributed by atoms with E-state index in [1.807, 2.05) is 72.3 Å². The predicted octanol–water partition coefficient (Wildman–Crippen LogP) is 4.70. The van der Waals surface area contributed by atoms with Crippen molar-refractivity contribution in [3.05, 3.63) is 70.8 Å². The summed E-state index contributed by atoms with van der Waals surface area (Å²) in [6.45, 7) is 3.15. The number of halogens is 1. The normalized spacial score (nSPS) is 13.0. The molecule has 1 aliphatic rings. The molecule has 31 heavy (non-hydrogen) atoms. The Labute approximate surface area is 187 Å². The molecule has 7 nitrogen and oxygen atoms in total. The number of carbonyl (C=O) groups excluding carboxylic acids is 1. The fraction of sp³-hybridized carbons (Fsp3) is 0.174. The van der Waals surface area contributed by atoms with Gasteiger partial charge < -0.3 is 18.7 Å². The first-order valence-corrected chi connectivity index (χ1v) is 10.7. The molecule has 0 unspecified atom stereocenters. The van der Waals surface area contributed by atoms with Gasteiger partial charge >= 0.3 is 0 Å². The molecule has 4 aromatic rings. The molecular weight excluding hydrogens is 460 g/mol. The molecule has 0 radical (unpaired) electrons. The van der Waals surface area contributed by atoms with Crippen molar-refractivity contribution < 1.29 is 14.1 Å². The van der Waals surface area contributed by atoms with Gasteiger partial charge in [0.15, 0.2) is 0 Å². The number of aryl methyl sites for hydroxylation is 1. The van der Waals surface area contributed by atoms with Crippen molar-refractivity contribution in [3.8, 4) is 28.7 Å². The van der Waals surface area contributed by atoms with E-state index in [0.717, 1.165) is 27.0 Å². The van der Waals surface area contributed by atoms with Crippen LogP contribution in [0.3, 0.4) is 0 Å². The highest BCUT2D eigenvalue weighted by atomic mass is 79.9. The van der Waals surface area contributed by atoms with Crippen molar-refractivity contribution in [2.75, 3.05) is 18.1 Å². The number of hydrogen-bond acceptors (Lipinski definition) is 5. The van der Waals surface area contributed by atoms with Gasteiger partial charge in [-0.05, 0) is 61.0 Å². The number of rotatable bonds is 4. The van der Waals surface area contributed by atoms with Crippen LogP contribution in [0.5, 0.6) is 5.75 Å². The molecule has 1 amide bonds. The molecular formula is C23H19BrN4O3. The second-order valence-electron chi connectivity index (χ2n) is 7.32. The fourth-order valence-electron chi connectivity index (χ4n) is 3.61. The van der Waals surface area contributed by atoms with Crippen molar-refractivity contribution in [2.24, 2.45) is 0 Å². The molecule has 0 atom stereocenters. The number of carbonyl (C=O) groups is 1. The summed E-state index contributed by atoms with van der Waals surface area (Å²) >= 11 is 3.42. The first-order valence-electron chi connectivity index (χ1n) is 9.87. The van der Waals surface area contributed by atoms with E-state index < -0.39 is 0 Å². The van der Waals surface area contributed by atoms with Crippen molar-refractivity contribution in [3.63, 3.8) is 0 Å². The zero-order valence-electron chi connectivity index (χ0n) is 16.8. The number of aromatic nitrogens is 3. The highest BCUT2D eigenvalue weighted by Gasteiger charge is 2.25. The molecule has 5 rings (SSSR count). The first-order chi connectivity index (χ1) is 15.1. The summed E-state index contributed by atoms with van der Waals surface area (Å²) in [4.78, 5) is 19.5. The zero-order chi connectivity index (χ0) is 21.4. The third kappa shape index (κ3) is 3.86. The summed E-state index contributed by atoms with van der Waals surface area (Å²) in [5.74, 6) is 1.57. The van der Waals surface area contributed by atoms with Crippen LogP contribution in [0.4, 0.5) is 5.69 Å². The molecule has 3 heterocycles. The molecule has 0 bridgehead atoms. The molecule has 0 N–H and O–H groups in total. The van der Waals surface area contributed by atoms with Crippen LogP contribution in [0.2, 0.25) is 0 Å². The average Bonchev–Trinajstić information content (AvgIpc) is 3.43. The Bertz CT molecular complexity index is 1250. The van der Waals surface area contributed by atoms with Crippen LogP contribution in [0, 0.1) is 6.92 Å². The van der Waals surface area contributed by atoms with Gasteiger partial charge in [-0.25, -0.2) is 0 Å². The van der Waals surface area contributed by atoms with Gasteiger partial charge in [0.25, 0.3) is 5.89 Å². The maximum absolute atomic E-state index is 13.2. The Hall–Kier alpha value is -3.39. The minimum Gasteiger partial charge on any atom is -0.490 e. The van der Waals surface area contributed by atoms with E-state index in [-0.39, 0.29) is 12.5 Å². The lowest BCUT2D eigenvalue weighted by Gasteiger charge is -2.30. The minimum atomic E-state index is -0.0275. The number of fused-ring (bicyclic) bond motifs is 1. The Kier molecular flexibility index (Phi) is 5.07. The van der Waals surface area contributed by atoms with E-state index in [1.165, 1.54) is 0 Å². The van der Waals surface area contributed by atoms with Crippen LogP contribution in [-0.2, 0) is 11.3 Å². The SMILES string of the molecule is Cc1ccc2c(c1)N(C(=O)Cn1cccc1-c1nc(-c3ccc(Br)cc3)no1)CCO2. The molecule has 0 aliphatic carbocycles. The first kappa shape index (κ1) is 19.6. The van der Waals surface area contributed by atoms with Crippen LogP contribution in [-0.4, -0.2) is 33.8 Å².